The number of aromatic nitrogens is 2. The number of nitrogens with two attached hydrogens (primary N) is 1. The first-order chi connectivity index (χ1) is 8.49. The molecule has 5 heteroatoms. The molecule has 2 aromatic rings. The van der Waals surface area contributed by atoms with Crippen molar-refractivity contribution in [3.63, 3.8) is 0 Å². The fourth-order valence-corrected chi connectivity index (χ4v) is 1.68. The molecule has 1 heterocycles. The van der Waals surface area contributed by atoms with Crippen molar-refractivity contribution in [1.29, 1.82) is 5.41 Å². The van der Waals surface area contributed by atoms with Crippen molar-refractivity contribution in [2.24, 2.45) is 5.73 Å². The van der Waals surface area contributed by atoms with Crippen LogP contribution in [0.25, 0.3) is 5.69 Å². The van der Waals surface area contributed by atoms with Gasteiger partial charge in [0.2, 0.25) is 5.43 Å². The molecule has 3 N–H and O–H groups in total. The normalized spacial score (nSPS) is 10.3. The molecule has 18 heavy (non-hydrogen) atoms. The average Bonchev–Trinajstić information content (AvgIpc) is 2.30. The minimum atomic E-state index is -0.330. The molecule has 0 aliphatic rings. The molecule has 5 nitrogen and oxygen atoms in total. The van der Waals surface area contributed by atoms with E-state index in [2.05, 4.69) is 5.10 Å². The zero-order chi connectivity index (χ0) is 13.3. The zero-order valence-electron chi connectivity index (χ0n) is 10.3. The van der Waals surface area contributed by atoms with Crippen LogP contribution in [0, 0.1) is 19.3 Å². The van der Waals surface area contributed by atoms with Crippen LogP contribution < -0.4 is 11.2 Å². The average molecular weight is 242 g/mol. The summed E-state index contributed by atoms with van der Waals surface area (Å²) in [5.74, 6) is -0.319. The van der Waals surface area contributed by atoms with Crippen molar-refractivity contribution in [2.75, 3.05) is 0 Å². The minimum Gasteiger partial charge on any atom is -0.382 e. The molecular formula is C13H14N4O. The fraction of sp³-hybridized carbons (Fsp3) is 0.154. The lowest BCUT2D eigenvalue weighted by Gasteiger charge is -2.10. The molecule has 0 radical (unpaired) electrons. The highest BCUT2D eigenvalue weighted by Gasteiger charge is 2.09. The van der Waals surface area contributed by atoms with Crippen LogP contribution in [-0.4, -0.2) is 15.6 Å². The monoisotopic (exact) mass is 242 g/mol. The number of benzene rings is 1. The van der Waals surface area contributed by atoms with Crippen molar-refractivity contribution in [3.05, 3.63) is 57.5 Å². The van der Waals surface area contributed by atoms with E-state index >= 15 is 0 Å². The van der Waals surface area contributed by atoms with Crippen LogP contribution in [0.2, 0.25) is 0 Å². The van der Waals surface area contributed by atoms with Crippen molar-refractivity contribution in [3.8, 4) is 5.69 Å². The van der Waals surface area contributed by atoms with E-state index < -0.39 is 0 Å². The smallest absolute Gasteiger partial charge is 0.211 e. The van der Waals surface area contributed by atoms with E-state index in [1.165, 1.54) is 6.07 Å². The second kappa shape index (κ2) is 4.44. The van der Waals surface area contributed by atoms with Crippen LogP contribution in [0.5, 0.6) is 0 Å². The van der Waals surface area contributed by atoms with Gasteiger partial charge < -0.3 is 5.73 Å². The Morgan fingerprint density at radius 3 is 2.44 bits per heavy atom. The Morgan fingerprint density at radius 2 is 1.89 bits per heavy atom. The van der Waals surface area contributed by atoms with Crippen molar-refractivity contribution >= 4 is 5.84 Å². The number of hydrogen-bond acceptors (Lipinski definition) is 3. The molecule has 0 aliphatic heterocycles. The Morgan fingerprint density at radius 1 is 1.28 bits per heavy atom. The minimum absolute atomic E-state index is 0.0267. The second-order valence-corrected chi connectivity index (χ2v) is 4.16. The van der Waals surface area contributed by atoms with E-state index in [0.29, 0.717) is 5.69 Å². The summed E-state index contributed by atoms with van der Waals surface area (Å²) in [6.07, 6.45) is 0. The maximum atomic E-state index is 11.6. The molecule has 0 amide bonds. The molecule has 92 valence electrons. The predicted octanol–water partition coefficient (Wildman–Crippen LogP) is 1.13. The first kappa shape index (κ1) is 12.0. The molecular weight excluding hydrogens is 228 g/mol. The molecule has 0 bridgehead atoms. The number of nitrogen functional groups attached to an aromatic ring is 1. The fourth-order valence-electron chi connectivity index (χ4n) is 1.68. The predicted molar refractivity (Wildman–Crippen MR) is 70.3 cm³/mol. The van der Waals surface area contributed by atoms with Crippen LogP contribution in [0.3, 0.4) is 0 Å². The molecule has 0 aliphatic carbocycles. The first-order valence-corrected chi connectivity index (χ1v) is 5.51. The maximum absolute atomic E-state index is 11.6. The summed E-state index contributed by atoms with van der Waals surface area (Å²) < 4.78 is 1.61. The Labute approximate surface area is 104 Å². The molecule has 0 fully saturated rings. The SMILES string of the molecule is Cc1ccc(-n2nc(C(=N)N)c(=O)cc2C)cc1. The lowest BCUT2D eigenvalue weighted by Crippen LogP contribution is -2.27. The maximum Gasteiger partial charge on any atom is 0.211 e. The lowest BCUT2D eigenvalue weighted by atomic mass is 10.2. The summed E-state index contributed by atoms with van der Waals surface area (Å²) in [7, 11) is 0. The number of rotatable bonds is 2. The number of nitrogens with one attached hydrogen (secondary N) is 1. The summed E-state index contributed by atoms with van der Waals surface area (Å²) >= 11 is 0. The highest BCUT2D eigenvalue weighted by atomic mass is 16.1. The van der Waals surface area contributed by atoms with Crippen LogP contribution in [-0.2, 0) is 0 Å². The Balaban J connectivity index is 2.64. The highest BCUT2D eigenvalue weighted by molar-refractivity contribution is 5.92. The van der Waals surface area contributed by atoms with E-state index in [1.54, 1.807) is 11.6 Å². The van der Waals surface area contributed by atoms with E-state index in [1.807, 2.05) is 31.2 Å². The van der Waals surface area contributed by atoms with Crippen LogP contribution in [0.1, 0.15) is 17.0 Å². The van der Waals surface area contributed by atoms with Gasteiger partial charge >= 0.3 is 0 Å². The van der Waals surface area contributed by atoms with Gasteiger partial charge in [-0.05, 0) is 26.0 Å². The van der Waals surface area contributed by atoms with Crippen molar-refractivity contribution < 1.29 is 0 Å². The lowest BCUT2D eigenvalue weighted by molar-refractivity contribution is 0.791. The summed E-state index contributed by atoms with van der Waals surface area (Å²) in [6, 6.07) is 9.17. The van der Waals surface area contributed by atoms with Gasteiger partial charge in [-0.15, -0.1) is 0 Å². The third kappa shape index (κ3) is 2.15. The molecule has 1 aromatic heterocycles. The molecule has 2 rings (SSSR count). The van der Waals surface area contributed by atoms with Crippen LogP contribution in [0.15, 0.2) is 35.1 Å². The van der Waals surface area contributed by atoms with Gasteiger partial charge in [-0.1, -0.05) is 17.7 Å². The Kier molecular flexibility index (Phi) is 2.97. The summed E-state index contributed by atoms with van der Waals surface area (Å²) in [6.45, 7) is 3.79. The Hall–Kier alpha value is -2.43. The van der Waals surface area contributed by atoms with Gasteiger partial charge in [0, 0.05) is 11.8 Å². The van der Waals surface area contributed by atoms with Gasteiger partial charge in [0.1, 0.15) is 5.84 Å². The molecule has 0 unspecified atom stereocenters. The number of amidine groups is 1. The molecule has 0 saturated heterocycles. The van der Waals surface area contributed by atoms with Crippen LogP contribution >= 0.6 is 0 Å². The van der Waals surface area contributed by atoms with Crippen molar-refractivity contribution in [1.82, 2.24) is 9.78 Å². The first-order valence-electron chi connectivity index (χ1n) is 5.51. The zero-order valence-corrected chi connectivity index (χ0v) is 10.3. The molecule has 1 aromatic carbocycles. The van der Waals surface area contributed by atoms with E-state index in [4.69, 9.17) is 11.1 Å². The van der Waals surface area contributed by atoms with Gasteiger partial charge in [0.25, 0.3) is 0 Å². The van der Waals surface area contributed by atoms with E-state index in [0.717, 1.165) is 11.3 Å². The van der Waals surface area contributed by atoms with Gasteiger partial charge in [0.15, 0.2) is 5.69 Å². The van der Waals surface area contributed by atoms with Crippen LogP contribution in [0.4, 0.5) is 0 Å². The Bertz CT molecular complexity index is 656. The largest absolute Gasteiger partial charge is 0.382 e. The number of aryl methyl sites for hydroxylation is 2. The molecule has 0 atom stereocenters. The van der Waals surface area contributed by atoms with E-state index in [-0.39, 0.29) is 17.0 Å². The third-order valence-electron chi connectivity index (χ3n) is 2.64. The number of hydrogen-bond donors (Lipinski definition) is 2. The van der Waals surface area contributed by atoms with Gasteiger partial charge in [-0.3, -0.25) is 10.2 Å². The van der Waals surface area contributed by atoms with Crippen molar-refractivity contribution in [2.45, 2.75) is 13.8 Å². The number of nitrogens with zero attached hydrogens (tertiary/aromatic N) is 2. The summed E-state index contributed by atoms with van der Waals surface area (Å²) in [4.78, 5) is 11.6. The summed E-state index contributed by atoms with van der Waals surface area (Å²) in [5, 5.41) is 11.5. The molecule has 0 saturated carbocycles. The van der Waals surface area contributed by atoms with Gasteiger partial charge in [-0.2, -0.15) is 5.10 Å². The highest BCUT2D eigenvalue weighted by Crippen LogP contribution is 2.09. The molecule has 0 spiro atoms. The van der Waals surface area contributed by atoms with Gasteiger partial charge in [-0.25, -0.2) is 4.68 Å². The summed E-state index contributed by atoms with van der Waals surface area (Å²) in [5.41, 5.74) is 7.67. The third-order valence-corrected chi connectivity index (χ3v) is 2.64. The van der Waals surface area contributed by atoms with Gasteiger partial charge in [0.05, 0.1) is 5.69 Å². The topological polar surface area (TPSA) is 84.8 Å². The standard InChI is InChI=1S/C13H14N4O/c1-8-3-5-10(6-4-8)17-9(2)7-11(18)12(16-17)13(14)15/h3-7H,1-2H3,(H3,14,15). The second-order valence-electron chi connectivity index (χ2n) is 4.16. The quantitative estimate of drug-likeness (QED) is 0.611. The van der Waals surface area contributed by atoms with E-state index in [9.17, 15) is 4.79 Å².